The molecule has 0 aliphatic carbocycles. The molecule has 2 nitrogen and oxygen atoms in total. The summed E-state index contributed by atoms with van der Waals surface area (Å²) in [5, 5.41) is 3.80. The molecule has 0 saturated carbocycles. The van der Waals surface area contributed by atoms with Gasteiger partial charge in [-0.25, -0.2) is 0 Å². The van der Waals surface area contributed by atoms with Crippen LogP contribution in [0.5, 0.6) is 5.75 Å². The van der Waals surface area contributed by atoms with Crippen LogP contribution in [0.15, 0.2) is 30.3 Å². The minimum Gasteiger partial charge on any atom is -0.497 e. The first kappa shape index (κ1) is 17.3. The Labute approximate surface area is 152 Å². The lowest BCUT2D eigenvalue weighted by Gasteiger charge is -2.10. The Hall–Kier alpha value is -1.48. The van der Waals surface area contributed by atoms with Crippen LogP contribution in [0.2, 0.25) is 0 Å². The predicted molar refractivity (Wildman–Crippen MR) is 108 cm³/mol. The topological polar surface area (TPSA) is 14.2 Å². The van der Waals surface area contributed by atoms with E-state index in [2.05, 4.69) is 64.7 Å². The van der Waals surface area contributed by atoms with E-state index in [1.165, 1.54) is 58.6 Å². The number of fused-ring (bicyclic) bond motifs is 3. The number of unbranched alkanes of at least 4 members (excludes halogenated alkanes) is 3. The van der Waals surface area contributed by atoms with E-state index in [9.17, 15) is 0 Å². The molecule has 0 spiro atoms. The number of nitrogens with zero attached hydrogens (tertiary/aromatic N) is 1. The Morgan fingerprint density at radius 2 is 1.71 bits per heavy atom. The molecule has 0 aliphatic heterocycles. The molecular formula is C21H26BrNO. The summed E-state index contributed by atoms with van der Waals surface area (Å²) in [4.78, 5) is 0. The van der Waals surface area contributed by atoms with Crippen LogP contribution in [-0.2, 0) is 6.54 Å². The van der Waals surface area contributed by atoms with E-state index in [0.29, 0.717) is 0 Å². The minimum atomic E-state index is 0.930. The number of methoxy groups -OCH3 is 1. The van der Waals surface area contributed by atoms with Gasteiger partial charge in [0.25, 0.3) is 0 Å². The second-order valence-electron chi connectivity index (χ2n) is 6.56. The van der Waals surface area contributed by atoms with Crippen molar-refractivity contribution in [3.8, 4) is 5.75 Å². The van der Waals surface area contributed by atoms with Crippen LogP contribution in [0.3, 0.4) is 0 Å². The molecule has 3 rings (SSSR count). The molecule has 0 atom stereocenters. The van der Waals surface area contributed by atoms with E-state index >= 15 is 0 Å². The van der Waals surface area contributed by atoms with E-state index in [-0.39, 0.29) is 0 Å². The molecule has 1 heterocycles. The van der Waals surface area contributed by atoms with E-state index in [1.807, 2.05) is 0 Å². The van der Waals surface area contributed by atoms with Gasteiger partial charge in [0.1, 0.15) is 5.75 Å². The van der Waals surface area contributed by atoms with Gasteiger partial charge in [0.05, 0.1) is 12.6 Å². The second kappa shape index (κ2) is 7.60. The third kappa shape index (κ3) is 3.19. The lowest BCUT2D eigenvalue weighted by molar-refractivity contribution is 0.415. The van der Waals surface area contributed by atoms with Gasteiger partial charge < -0.3 is 9.30 Å². The molecule has 0 N–H and O–H groups in total. The smallest absolute Gasteiger partial charge is 0.119 e. The summed E-state index contributed by atoms with van der Waals surface area (Å²) in [6.45, 7) is 5.51. The molecule has 3 aromatic rings. The van der Waals surface area contributed by atoms with Crippen molar-refractivity contribution >= 4 is 37.7 Å². The number of aryl methyl sites for hydroxylation is 3. The molecular weight excluding hydrogens is 362 g/mol. The molecule has 0 bridgehead atoms. The maximum atomic E-state index is 5.46. The average molecular weight is 388 g/mol. The highest BCUT2D eigenvalue weighted by molar-refractivity contribution is 9.09. The molecule has 24 heavy (non-hydrogen) atoms. The predicted octanol–water partition coefficient (Wildman–Crippen LogP) is 6.38. The van der Waals surface area contributed by atoms with E-state index in [4.69, 9.17) is 4.74 Å². The summed E-state index contributed by atoms with van der Waals surface area (Å²) in [6, 6.07) is 11.0. The fraction of sp³-hybridized carbons (Fsp3) is 0.429. The Kier molecular flexibility index (Phi) is 5.50. The third-order valence-corrected chi connectivity index (χ3v) is 5.45. The van der Waals surface area contributed by atoms with Crippen molar-refractivity contribution in [2.24, 2.45) is 0 Å². The van der Waals surface area contributed by atoms with Gasteiger partial charge in [0, 0.05) is 28.2 Å². The minimum absolute atomic E-state index is 0.930. The fourth-order valence-corrected chi connectivity index (χ4v) is 4.03. The zero-order chi connectivity index (χ0) is 17.1. The van der Waals surface area contributed by atoms with Gasteiger partial charge in [-0.1, -0.05) is 40.9 Å². The SMILES string of the molecule is COc1ccc2c(c1)c1c(C)ccc(C)c1n2CCCCCCBr. The van der Waals surface area contributed by atoms with Crippen molar-refractivity contribution in [1.29, 1.82) is 0 Å². The van der Waals surface area contributed by atoms with Gasteiger partial charge in [-0.2, -0.15) is 0 Å². The van der Waals surface area contributed by atoms with Gasteiger partial charge in [-0.05, 0) is 56.0 Å². The van der Waals surface area contributed by atoms with Crippen LogP contribution in [0.4, 0.5) is 0 Å². The summed E-state index contributed by atoms with van der Waals surface area (Å²) >= 11 is 3.52. The van der Waals surface area contributed by atoms with E-state index < -0.39 is 0 Å². The summed E-state index contributed by atoms with van der Waals surface area (Å²) < 4.78 is 7.98. The molecule has 0 unspecified atom stereocenters. The summed E-state index contributed by atoms with van der Waals surface area (Å²) in [5.74, 6) is 0.930. The van der Waals surface area contributed by atoms with Gasteiger partial charge in [0.15, 0.2) is 0 Å². The molecule has 128 valence electrons. The lowest BCUT2D eigenvalue weighted by Crippen LogP contribution is -1.99. The molecule has 0 amide bonds. The van der Waals surface area contributed by atoms with E-state index in [0.717, 1.165) is 17.6 Å². The van der Waals surface area contributed by atoms with Crippen molar-refractivity contribution in [2.75, 3.05) is 12.4 Å². The average Bonchev–Trinajstić information content (AvgIpc) is 2.93. The number of hydrogen-bond donors (Lipinski definition) is 0. The van der Waals surface area contributed by atoms with E-state index in [1.54, 1.807) is 7.11 Å². The van der Waals surface area contributed by atoms with Crippen molar-refractivity contribution in [1.82, 2.24) is 4.57 Å². The molecule has 0 fully saturated rings. The quantitative estimate of drug-likeness (QED) is 0.339. The highest BCUT2D eigenvalue weighted by Gasteiger charge is 2.15. The first-order valence-corrected chi connectivity index (χ1v) is 9.91. The number of ether oxygens (including phenoxy) is 1. The number of benzene rings is 2. The summed E-state index contributed by atoms with van der Waals surface area (Å²) in [7, 11) is 1.74. The van der Waals surface area contributed by atoms with Crippen LogP contribution >= 0.6 is 15.9 Å². The number of alkyl halides is 1. The first-order chi connectivity index (χ1) is 11.7. The molecule has 3 heteroatoms. The highest BCUT2D eigenvalue weighted by atomic mass is 79.9. The first-order valence-electron chi connectivity index (χ1n) is 8.79. The fourth-order valence-electron chi connectivity index (χ4n) is 3.63. The number of hydrogen-bond acceptors (Lipinski definition) is 1. The van der Waals surface area contributed by atoms with Crippen molar-refractivity contribution in [2.45, 2.75) is 46.1 Å². The Morgan fingerprint density at radius 1 is 0.958 bits per heavy atom. The van der Waals surface area contributed by atoms with Crippen LogP contribution in [0.25, 0.3) is 21.8 Å². The number of rotatable bonds is 7. The molecule has 2 aromatic carbocycles. The summed E-state index contributed by atoms with van der Waals surface area (Å²) in [5.41, 5.74) is 5.40. The monoisotopic (exact) mass is 387 g/mol. The molecule has 1 aromatic heterocycles. The second-order valence-corrected chi connectivity index (χ2v) is 7.35. The van der Waals surface area contributed by atoms with Crippen LogP contribution in [0, 0.1) is 13.8 Å². The molecule has 0 aliphatic rings. The molecule has 0 radical (unpaired) electrons. The number of halogens is 1. The maximum absolute atomic E-state index is 5.46. The zero-order valence-electron chi connectivity index (χ0n) is 14.9. The maximum Gasteiger partial charge on any atom is 0.119 e. The van der Waals surface area contributed by atoms with Gasteiger partial charge in [0.2, 0.25) is 0 Å². The van der Waals surface area contributed by atoms with Crippen molar-refractivity contribution in [3.05, 3.63) is 41.5 Å². The van der Waals surface area contributed by atoms with Gasteiger partial charge in [-0.15, -0.1) is 0 Å². The van der Waals surface area contributed by atoms with Crippen molar-refractivity contribution in [3.63, 3.8) is 0 Å². The zero-order valence-corrected chi connectivity index (χ0v) is 16.4. The Bertz CT molecular complexity index is 850. The highest BCUT2D eigenvalue weighted by Crippen LogP contribution is 2.35. The largest absolute Gasteiger partial charge is 0.497 e. The van der Waals surface area contributed by atoms with Gasteiger partial charge >= 0.3 is 0 Å². The van der Waals surface area contributed by atoms with Crippen LogP contribution in [-0.4, -0.2) is 17.0 Å². The molecule has 0 saturated heterocycles. The number of aromatic nitrogens is 1. The van der Waals surface area contributed by atoms with Gasteiger partial charge in [-0.3, -0.25) is 0 Å². The summed E-state index contributed by atoms with van der Waals surface area (Å²) in [6.07, 6.45) is 5.08. The van der Waals surface area contributed by atoms with Crippen LogP contribution < -0.4 is 4.74 Å². The Morgan fingerprint density at radius 3 is 2.46 bits per heavy atom. The van der Waals surface area contributed by atoms with Crippen LogP contribution in [0.1, 0.15) is 36.8 Å². The lowest BCUT2D eigenvalue weighted by atomic mass is 10.0. The Balaban J connectivity index is 2.09. The normalized spacial score (nSPS) is 11.5. The third-order valence-electron chi connectivity index (χ3n) is 4.89. The van der Waals surface area contributed by atoms with Crippen molar-refractivity contribution < 1.29 is 4.74 Å². The standard InChI is InChI=1S/C21H26BrNO/c1-15-8-9-16(2)21-20(15)18-14-17(24-3)10-11-19(18)23(21)13-7-5-4-6-12-22/h8-11,14H,4-7,12-13H2,1-3H3.